The van der Waals surface area contributed by atoms with Gasteiger partial charge in [-0.1, -0.05) is 26.0 Å². The highest BCUT2D eigenvalue weighted by Crippen LogP contribution is 2.16. The summed E-state index contributed by atoms with van der Waals surface area (Å²) in [6, 6.07) is 5.23. The molecule has 0 aliphatic carbocycles. The quantitative estimate of drug-likeness (QED) is 0.448. The number of urea groups is 1. The van der Waals surface area contributed by atoms with E-state index in [1.807, 2.05) is 0 Å². The summed E-state index contributed by atoms with van der Waals surface area (Å²) in [5, 5.41) is 4.56. The lowest BCUT2D eigenvalue weighted by atomic mass is 10.2. The van der Waals surface area contributed by atoms with Crippen LogP contribution in [0.2, 0.25) is 0 Å². The van der Waals surface area contributed by atoms with Crippen molar-refractivity contribution in [2.45, 2.75) is 51.7 Å². The Morgan fingerprint density at radius 3 is 2.13 bits per heavy atom. The lowest BCUT2D eigenvalue weighted by Gasteiger charge is -2.18. The van der Waals surface area contributed by atoms with Crippen LogP contribution in [0.5, 0.6) is 0 Å². The smallest absolute Gasteiger partial charge is 0.331 e. The largest absolute Gasteiger partial charge is 0.449 e. The zero-order chi connectivity index (χ0) is 22.9. The third-order valence-corrected chi connectivity index (χ3v) is 6.02. The number of carbonyl (C=O) groups is 3. The van der Waals surface area contributed by atoms with E-state index in [0.29, 0.717) is 18.7 Å². The van der Waals surface area contributed by atoms with Crippen molar-refractivity contribution in [3.63, 3.8) is 0 Å². The van der Waals surface area contributed by atoms with Gasteiger partial charge in [-0.2, -0.15) is 4.31 Å². The van der Waals surface area contributed by atoms with Crippen LogP contribution in [0.4, 0.5) is 4.79 Å². The molecule has 1 aromatic carbocycles. The van der Waals surface area contributed by atoms with E-state index < -0.39 is 34.0 Å². The van der Waals surface area contributed by atoms with Crippen LogP contribution in [-0.4, -0.2) is 55.9 Å². The van der Waals surface area contributed by atoms with Gasteiger partial charge in [0.05, 0.1) is 4.90 Å². The zero-order valence-electron chi connectivity index (χ0n) is 17.8. The number of benzene rings is 1. The molecule has 3 amide bonds. The summed E-state index contributed by atoms with van der Waals surface area (Å²) in [5.74, 6) is -1.53. The van der Waals surface area contributed by atoms with Crippen LogP contribution in [0.1, 0.15) is 40.2 Å². The van der Waals surface area contributed by atoms with E-state index in [0.717, 1.165) is 6.08 Å². The van der Waals surface area contributed by atoms with Gasteiger partial charge in [0.2, 0.25) is 10.0 Å². The molecule has 0 aliphatic heterocycles. The predicted octanol–water partition coefficient (Wildman–Crippen LogP) is 1.90. The number of ether oxygens (including phenoxy) is 1. The number of esters is 1. The molecule has 10 heteroatoms. The summed E-state index contributed by atoms with van der Waals surface area (Å²) in [7, 11) is -3.55. The molecule has 0 spiro atoms. The van der Waals surface area contributed by atoms with Crippen LogP contribution in [0.15, 0.2) is 35.2 Å². The summed E-state index contributed by atoms with van der Waals surface area (Å²) >= 11 is 0. The van der Waals surface area contributed by atoms with Gasteiger partial charge in [0, 0.05) is 25.2 Å². The highest BCUT2D eigenvalue weighted by molar-refractivity contribution is 7.89. The third kappa shape index (κ3) is 7.60. The molecule has 1 unspecified atom stereocenters. The lowest BCUT2D eigenvalue weighted by molar-refractivity contribution is -0.149. The second-order valence-electron chi connectivity index (χ2n) is 6.69. The van der Waals surface area contributed by atoms with Gasteiger partial charge in [0.25, 0.3) is 5.91 Å². The minimum atomic E-state index is -3.55. The molecule has 0 radical (unpaired) electrons. The number of imide groups is 1. The molecule has 166 valence electrons. The minimum Gasteiger partial charge on any atom is -0.449 e. The van der Waals surface area contributed by atoms with Crippen molar-refractivity contribution in [3.05, 3.63) is 35.9 Å². The molecule has 0 aliphatic rings. The third-order valence-electron chi connectivity index (χ3n) is 3.95. The van der Waals surface area contributed by atoms with Gasteiger partial charge in [-0.05, 0) is 44.5 Å². The van der Waals surface area contributed by atoms with Gasteiger partial charge >= 0.3 is 12.0 Å². The maximum Gasteiger partial charge on any atom is 0.331 e. The molecule has 30 heavy (non-hydrogen) atoms. The first kappa shape index (κ1) is 25.3. The van der Waals surface area contributed by atoms with E-state index in [1.54, 1.807) is 39.8 Å². The van der Waals surface area contributed by atoms with E-state index in [1.165, 1.54) is 29.4 Å². The topological polar surface area (TPSA) is 122 Å². The maximum absolute atomic E-state index is 12.5. The van der Waals surface area contributed by atoms with Gasteiger partial charge in [-0.25, -0.2) is 18.0 Å². The number of nitrogens with zero attached hydrogens (tertiary/aromatic N) is 1. The summed E-state index contributed by atoms with van der Waals surface area (Å²) in [5.41, 5.74) is 0.582. The zero-order valence-corrected chi connectivity index (χ0v) is 18.7. The van der Waals surface area contributed by atoms with E-state index in [9.17, 15) is 22.8 Å². The number of rotatable bonds is 9. The number of hydrogen-bond acceptors (Lipinski definition) is 6. The molecular formula is C20H29N3O6S. The molecule has 0 heterocycles. The highest BCUT2D eigenvalue weighted by Gasteiger charge is 2.21. The maximum atomic E-state index is 12.5. The van der Waals surface area contributed by atoms with Crippen molar-refractivity contribution in [1.29, 1.82) is 0 Å². The Hall–Kier alpha value is -2.72. The van der Waals surface area contributed by atoms with E-state index in [-0.39, 0.29) is 10.9 Å². The number of sulfonamides is 1. The van der Waals surface area contributed by atoms with Crippen LogP contribution in [0.25, 0.3) is 6.08 Å². The van der Waals surface area contributed by atoms with Crippen molar-refractivity contribution in [1.82, 2.24) is 14.9 Å². The Morgan fingerprint density at radius 2 is 1.63 bits per heavy atom. The summed E-state index contributed by atoms with van der Waals surface area (Å²) in [6.45, 7) is 9.10. The van der Waals surface area contributed by atoms with Gasteiger partial charge in [0.15, 0.2) is 6.10 Å². The number of amides is 3. The molecule has 1 atom stereocenters. The molecule has 1 aromatic rings. The molecule has 0 fully saturated rings. The fourth-order valence-electron chi connectivity index (χ4n) is 2.41. The van der Waals surface area contributed by atoms with Gasteiger partial charge < -0.3 is 10.1 Å². The molecular weight excluding hydrogens is 410 g/mol. The molecule has 9 nitrogen and oxygen atoms in total. The Labute approximate surface area is 177 Å². The van der Waals surface area contributed by atoms with E-state index in [2.05, 4.69) is 10.6 Å². The van der Waals surface area contributed by atoms with Crippen molar-refractivity contribution >= 4 is 34.0 Å². The SMILES string of the molecule is CCN(CC)S(=O)(=O)c1ccc(/C=C/C(=O)OC(C)C(=O)NC(=O)NC(C)C)cc1. The van der Waals surface area contributed by atoms with Gasteiger partial charge in [-0.15, -0.1) is 0 Å². The van der Waals surface area contributed by atoms with Crippen LogP contribution < -0.4 is 10.6 Å². The van der Waals surface area contributed by atoms with Crippen LogP contribution in [0.3, 0.4) is 0 Å². The number of nitrogens with one attached hydrogen (secondary N) is 2. The van der Waals surface area contributed by atoms with E-state index >= 15 is 0 Å². The van der Waals surface area contributed by atoms with Gasteiger partial charge in [0.1, 0.15) is 0 Å². The second-order valence-corrected chi connectivity index (χ2v) is 8.63. The first-order valence-corrected chi connectivity index (χ1v) is 11.1. The van der Waals surface area contributed by atoms with Crippen molar-refractivity contribution in [2.24, 2.45) is 0 Å². The Kier molecular flexibility index (Phi) is 9.67. The van der Waals surface area contributed by atoms with Crippen LogP contribution in [0, 0.1) is 0 Å². The van der Waals surface area contributed by atoms with Crippen molar-refractivity contribution < 1.29 is 27.5 Å². The Bertz CT molecular complexity index is 874. The van der Waals surface area contributed by atoms with Crippen LogP contribution >= 0.6 is 0 Å². The monoisotopic (exact) mass is 439 g/mol. The lowest BCUT2D eigenvalue weighted by Crippen LogP contribution is -2.46. The first-order chi connectivity index (χ1) is 14.0. The molecule has 0 saturated carbocycles. The van der Waals surface area contributed by atoms with Gasteiger partial charge in [-0.3, -0.25) is 10.1 Å². The molecule has 2 N–H and O–H groups in total. The van der Waals surface area contributed by atoms with Crippen molar-refractivity contribution in [3.8, 4) is 0 Å². The summed E-state index contributed by atoms with van der Waals surface area (Å²) in [6.07, 6.45) is 1.39. The summed E-state index contributed by atoms with van der Waals surface area (Å²) in [4.78, 5) is 35.4. The average Bonchev–Trinajstić information content (AvgIpc) is 2.66. The molecule has 0 saturated heterocycles. The predicted molar refractivity (Wildman–Crippen MR) is 113 cm³/mol. The Balaban J connectivity index is 2.69. The molecule has 0 aromatic heterocycles. The molecule has 1 rings (SSSR count). The highest BCUT2D eigenvalue weighted by atomic mass is 32.2. The standard InChI is InChI=1S/C20H29N3O6S/c1-6-23(7-2)30(27,28)17-11-8-16(9-12-17)10-13-18(24)29-15(5)19(25)22-20(26)21-14(3)4/h8-15H,6-7H2,1-5H3,(H2,21,22,25,26)/b13-10+. The fourth-order valence-corrected chi connectivity index (χ4v) is 3.86. The summed E-state index contributed by atoms with van der Waals surface area (Å²) < 4.78 is 31.2. The average molecular weight is 440 g/mol. The fraction of sp³-hybridized carbons (Fsp3) is 0.450. The second kappa shape index (κ2) is 11.5. The van der Waals surface area contributed by atoms with Crippen LogP contribution in [-0.2, 0) is 24.3 Å². The molecule has 0 bridgehead atoms. The first-order valence-electron chi connectivity index (χ1n) is 9.61. The minimum absolute atomic E-state index is 0.146. The number of hydrogen-bond donors (Lipinski definition) is 2. The van der Waals surface area contributed by atoms with E-state index in [4.69, 9.17) is 4.74 Å². The Morgan fingerprint density at radius 1 is 1.07 bits per heavy atom. The normalized spacial score (nSPS) is 12.8. The number of carbonyl (C=O) groups excluding carboxylic acids is 3. The van der Waals surface area contributed by atoms with Crippen molar-refractivity contribution in [2.75, 3.05) is 13.1 Å².